The molecule has 0 spiro atoms. The summed E-state index contributed by atoms with van der Waals surface area (Å²) in [5.74, 6) is 0.896. The van der Waals surface area contributed by atoms with Crippen LogP contribution in [0.5, 0.6) is 0 Å². The zero-order valence-electron chi connectivity index (χ0n) is 14.1. The number of aromatic nitrogens is 2. The Morgan fingerprint density at radius 1 is 1.12 bits per heavy atom. The fourth-order valence-electron chi connectivity index (χ4n) is 3.48. The number of para-hydroxylation sites is 1. The van der Waals surface area contributed by atoms with E-state index >= 15 is 0 Å². The molecule has 0 bridgehead atoms. The van der Waals surface area contributed by atoms with E-state index < -0.39 is 4.92 Å². The molecule has 0 amide bonds. The van der Waals surface area contributed by atoms with Gasteiger partial charge in [-0.2, -0.15) is 0 Å². The summed E-state index contributed by atoms with van der Waals surface area (Å²) in [7, 11) is 0. The summed E-state index contributed by atoms with van der Waals surface area (Å²) in [6.07, 6.45) is 1.80. The Morgan fingerprint density at radius 2 is 1.85 bits per heavy atom. The van der Waals surface area contributed by atoms with Crippen LogP contribution in [0.3, 0.4) is 0 Å². The number of hydrogen-bond acceptors (Lipinski definition) is 5. The van der Waals surface area contributed by atoms with Gasteiger partial charge in [0, 0.05) is 18.1 Å². The van der Waals surface area contributed by atoms with E-state index in [0.29, 0.717) is 5.52 Å². The van der Waals surface area contributed by atoms with Crippen molar-refractivity contribution in [3.63, 3.8) is 0 Å². The molecule has 1 fully saturated rings. The summed E-state index contributed by atoms with van der Waals surface area (Å²) in [5, 5.41) is 14.7. The molecule has 2 heterocycles. The molecule has 0 unspecified atom stereocenters. The summed E-state index contributed by atoms with van der Waals surface area (Å²) in [4.78, 5) is 28.6. The van der Waals surface area contributed by atoms with E-state index in [4.69, 9.17) is 4.98 Å². The Hall–Kier alpha value is -3.06. The molecule has 3 aromatic rings. The maximum Gasteiger partial charge on any atom is 0.270 e. The number of rotatable bonds is 3. The van der Waals surface area contributed by atoms with Gasteiger partial charge in [-0.1, -0.05) is 18.2 Å². The van der Waals surface area contributed by atoms with Crippen LogP contribution in [0.4, 0.5) is 5.69 Å². The quantitative estimate of drug-likeness (QED) is 0.579. The first-order valence-electron chi connectivity index (χ1n) is 8.62. The monoisotopic (exact) mass is 350 g/mol. The smallest absolute Gasteiger partial charge is 0.270 e. The Bertz CT molecular complexity index is 1020. The lowest BCUT2D eigenvalue weighted by atomic mass is 9.96. The number of nitro benzene ring substituents is 1. The summed E-state index contributed by atoms with van der Waals surface area (Å²) < 4.78 is 1.61. The highest BCUT2D eigenvalue weighted by Gasteiger charge is 2.23. The van der Waals surface area contributed by atoms with Crippen molar-refractivity contribution in [3.05, 3.63) is 74.8 Å². The van der Waals surface area contributed by atoms with Gasteiger partial charge in [0.05, 0.1) is 21.5 Å². The van der Waals surface area contributed by atoms with E-state index in [1.807, 2.05) is 30.3 Å². The number of nitrogens with one attached hydrogen (secondary N) is 1. The van der Waals surface area contributed by atoms with Crippen molar-refractivity contribution in [2.45, 2.75) is 18.8 Å². The third kappa shape index (κ3) is 2.86. The lowest BCUT2D eigenvalue weighted by Crippen LogP contribution is -2.32. The van der Waals surface area contributed by atoms with E-state index in [2.05, 4.69) is 5.32 Å². The molecule has 1 N–H and O–H groups in total. The number of fused-ring (bicyclic) bond motifs is 1. The summed E-state index contributed by atoms with van der Waals surface area (Å²) >= 11 is 0. The molecule has 1 aromatic heterocycles. The molecule has 2 aromatic carbocycles. The van der Waals surface area contributed by atoms with Crippen molar-refractivity contribution in [1.29, 1.82) is 0 Å². The van der Waals surface area contributed by atoms with E-state index in [1.54, 1.807) is 10.6 Å². The minimum atomic E-state index is -0.494. The molecular weight excluding hydrogens is 332 g/mol. The van der Waals surface area contributed by atoms with Gasteiger partial charge >= 0.3 is 0 Å². The van der Waals surface area contributed by atoms with Gasteiger partial charge in [0.25, 0.3) is 11.2 Å². The van der Waals surface area contributed by atoms with Crippen LogP contribution in [0.1, 0.15) is 24.6 Å². The lowest BCUT2D eigenvalue weighted by Gasteiger charge is -2.25. The first-order chi connectivity index (χ1) is 12.6. The SMILES string of the molecule is O=c1c2cc([N+](=O)[O-])ccc2nc(C2CCNCC2)n1-c1ccccc1. The van der Waals surface area contributed by atoms with Gasteiger partial charge in [-0.3, -0.25) is 19.5 Å². The zero-order valence-corrected chi connectivity index (χ0v) is 14.1. The Morgan fingerprint density at radius 3 is 2.54 bits per heavy atom. The van der Waals surface area contributed by atoms with Crippen LogP contribution in [-0.4, -0.2) is 27.6 Å². The Balaban J connectivity index is 2.00. The van der Waals surface area contributed by atoms with Gasteiger partial charge in [0.1, 0.15) is 5.82 Å². The maximum absolute atomic E-state index is 13.3. The molecule has 7 nitrogen and oxygen atoms in total. The lowest BCUT2D eigenvalue weighted by molar-refractivity contribution is -0.384. The predicted octanol–water partition coefficient (Wildman–Crippen LogP) is 2.76. The number of nitro groups is 1. The highest BCUT2D eigenvalue weighted by atomic mass is 16.6. The van der Waals surface area contributed by atoms with Crippen LogP contribution in [0.15, 0.2) is 53.3 Å². The first kappa shape index (κ1) is 16.4. The minimum Gasteiger partial charge on any atom is -0.317 e. The van der Waals surface area contributed by atoms with E-state index in [9.17, 15) is 14.9 Å². The third-order valence-electron chi connectivity index (χ3n) is 4.81. The van der Waals surface area contributed by atoms with Gasteiger partial charge in [0.15, 0.2) is 0 Å². The molecule has 1 aliphatic rings. The van der Waals surface area contributed by atoms with Crippen molar-refractivity contribution >= 4 is 16.6 Å². The van der Waals surface area contributed by atoms with Crippen LogP contribution < -0.4 is 10.9 Å². The summed E-state index contributed by atoms with van der Waals surface area (Å²) in [6.45, 7) is 1.77. The predicted molar refractivity (Wildman–Crippen MR) is 98.8 cm³/mol. The molecule has 0 atom stereocenters. The highest BCUT2D eigenvalue weighted by molar-refractivity contribution is 5.80. The minimum absolute atomic E-state index is 0.106. The average Bonchev–Trinajstić information content (AvgIpc) is 2.69. The summed E-state index contributed by atoms with van der Waals surface area (Å²) in [6, 6.07) is 13.6. The normalized spacial score (nSPS) is 15.2. The largest absolute Gasteiger partial charge is 0.317 e. The van der Waals surface area contributed by atoms with Gasteiger partial charge in [-0.25, -0.2) is 4.98 Å². The second-order valence-corrected chi connectivity index (χ2v) is 6.43. The molecule has 7 heteroatoms. The standard InChI is InChI=1S/C19H18N4O3/c24-19-16-12-15(23(25)26)6-7-17(16)21-18(13-8-10-20-11-9-13)22(19)14-4-2-1-3-5-14/h1-7,12-13,20H,8-11H2. The van der Waals surface area contributed by atoms with Gasteiger partial charge in [-0.05, 0) is 44.1 Å². The van der Waals surface area contributed by atoms with Crippen molar-refractivity contribution in [2.75, 3.05) is 13.1 Å². The molecule has 26 heavy (non-hydrogen) atoms. The second-order valence-electron chi connectivity index (χ2n) is 6.43. The molecule has 132 valence electrons. The van der Waals surface area contributed by atoms with Crippen LogP contribution in [0, 0.1) is 10.1 Å². The Labute approximate surface area is 149 Å². The molecular formula is C19H18N4O3. The molecule has 0 radical (unpaired) electrons. The molecule has 0 aliphatic carbocycles. The van der Waals surface area contributed by atoms with Crippen LogP contribution in [-0.2, 0) is 0 Å². The second kappa shape index (κ2) is 6.68. The van der Waals surface area contributed by atoms with Gasteiger partial charge in [0.2, 0.25) is 0 Å². The van der Waals surface area contributed by atoms with Crippen LogP contribution in [0.2, 0.25) is 0 Å². The van der Waals surface area contributed by atoms with Crippen molar-refractivity contribution < 1.29 is 4.92 Å². The molecule has 1 aliphatic heterocycles. The van der Waals surface area contributed by atoms with Crippen LogP contribution in [0.25, 0.3) is 16.6 Å². The fourth-order valence-corrected chi connectivity index (χ4v) is 3.48. The molecule has 4 rings (SSSR count). The van der Waals surface area contributed by atoms with Crippen molar-refractivity contribution in [1.82, 2.24) is 14.9 Å². The highest BCUT2D eigenvalue weighted by Crippen LogP contribution is 2.27. The fraction of sp³-hybridized carbons (Fsp3) is 0.263. The Kier molecular flexibility index (Phi) is 4.22. The van der Waals surface area contributed by atoms with Gasteiger partial charge < -0.3 is 5.32 Å². The maximum atomic E-state index is 13.3. The topological polar surface area (TPSA) is 90.1 Å². The van der Waals surface area contributed by atoms with Crippen molar-refractivity contribution in [3.8, 4) is 5.69 Å². The van der Waals surface area contributed by atoms with Crippen molar-refractivity contribution in [2.24, 2.45) is 0 Å². The molecule has 0 saturated carbocycles. The van der Waals surface area contributed by atoms with Crippen LogP contribution >= 0.6 is 0 Å². The number of piperidine rings is 1. The third-order valence-corrected chi connectivity index (χ3v) is 4.81. The molecule has 1 saturated heterocycles. The van der Waals surface area contributed by atoms with E-state index in [0.717, 1.165) is 37.4 Å². The van der Waals surface area contributed by atoms with E-state index in [1.165, 1.54) is 12.1 Å². The first-order valence-corrected chi connectivity index (χ1v) is 8.62. The number of non-ortho nitro benzene ring substituents is 1. The van der Waals surface area contributed by atoms with E-state index in [-0.39, 0.29) is 22.6 Å². The number of benzene rings is 2. The number of nitrogens with zero attached hydrogens (tertiary/aromatic N) is 3. The number of hydrogen-bond donors (Lipinski definition) is 1. The zero-order chi connectivity index (χ0) is 18.1. The van der Waals surface area contributed by atoms with Gasteiger partial charge in [-0.15, -0.1) is 0 Å². The average molecular weight is 350 g/mol. The summed E-state index contributed by atoms with van der Waals surface area (Å²) in [5.41, 5.74) is 0.859.